The second-order valence-electron chi connectivity index (χ2n) is 6.28. The highest BCUT2D eigenvalue weighted by atomic mass is 32.1. The van der Waals surface area contributed by atoms with E-state index in [1.807, 2.05) is 41.8 Å². The van der Waals surface area contributed by atoms with Crippen LogP contribution in [0, 0.1) is 6.92 Å². The lowest BCUT2D eigenvalue weighted by atomic mass is 9.99. The van der Waals surface area contributed by atoms with Crippen LogP contribution in [0.25, 0.3) is 0 Å². The summed E-state index contributed by atoms with van der Waals surface area (Å²) >= 11 is 1.66. The number of nitrogens with one attached hydrogen (secondary N) is 1. The molecule has 3 heterocycles. The van der Waals surface area contributed by atoms with Crippen LogP contribution in [0.4, 0.5) is 0 Å². The number of aryl methyl sites for hydroxylation is 2. The van der Waals surface area contributed by atoms with E-state index in [2.05, 4.69) is 10.4 Å². The normalized spacial score (nSPS) is 20.4. The Morgan fingerprint density at radius 3 is 2.71 bits per heavy atom. The number of nitrogens with zero attached hydrogens (tertiary/aromatic N) is 3. The summed E-state index contributed by atoms with van der Waals surface area (Å²) in [6.07, 6.45) is 2.17. The van der Waals surface area contributed by atoms with Crippen LogP contribution in [0.15, 0.2) is 24.4 Å². The summed E-state index contributed by atoms with van der Waals surface area (Å²) in [5.41, 5.74) is 1.04. The van der Waals surface area contributed by atoms with E-state index in [9.17, 15) is 9.59 Å². The van der Waals surface area contributed by atoms with Gasteiger partial charge < -0.3 is 10.2 Å². The maximum Gasteiger partial charge on any atom is 0.227 e. The molecule has 0 aromatic carbocycles. The molecule has 1 aliphatic heterocycles. The molecule has 0 radical (unpaired) electrons. The van der Waals surface area contributed by atoms with Crippen molar-refractivity contribution in [2.24, 2.45) is 7.05 Å². The van der Waals surface area contributed by atoms with Gasteiger partial charge in [-0.3, -0.25) is 14.3 Å². The number of likely N-dealkylation sites (tertiary alicyclic amines) is 1. The Labute approximate surface area is 145 Å². The Bertz CT molecular complexity index is 751. The summed E-state index contributed by atoms with van der Waals surface area (Å²) in [6.45, 7) is 4.70. The number of amides is 2. The minimum atomic E-state index is -0.0769. The lowest BCUT2D eigenvalue weighted by Crippen LogP contribution is -2.39. The second kappa shape index (κ2) is 6.76. The van der Waals surface area contributed by atoms with Gasteiger partial charge in [0.25, 0.3) is 0 Å². The van der Waals surface area contributed by atoms with Gasteiger partial charge in [-0.25, -0.2) is 0 Å². The fourth-order valence-electron chi connectivity index (χ4n) is 3.30. The zero-order chi connectivity index (χ0) is 17.3. The van der Waals surface area contributed by atoms with Crippen molar-refractivity contribution in [2.75, 3.05) is 13.1 Å². The van der Waals surface area contributed by atoms with Crippen molar-refractivity contribution >= 4 is 23.2 Å². The maximum absolute atomic E-state index is 12.7. The molecule has 1 N–H and O–H groups in total. The Kier molecular flexibility index (Phi) is 4.71. The molecule has 2 atom stereocenters. The van der Waals surface area contributed by atoms with Crippen LogP contribution in [0.5, 0.6) is 0 Å². The van der Waals surface area contributed by atoms with Crippen molar-refractivity contribution in [3.05, 3.63) is 39.8 Å². The van der Waals surface area contributed by atoms with Crippen molar-refractivity contribution in [3.8, 4) is 0 Å². The molecule has 1 fully saturated rings. The molecule has 1 saturated heterocycles. The summed E-state index contributed by atoms with van der Waals surface area (Å²) < 4.78 is 1.82. The van der Waals surface area contributed by atoms with E-state index < -0.39 is 0 Å². The summed E-state index contributed by atoms with van der Waals surface area (Å²) in [5, 5.41) is 7.21. The van der Waals surface area contributed by atoms with Crippen molar-refractivity contribution in [2.45, 2.75) is 32.2 Å². The number of rotatable bonds is 4. The number of hydrogen-bond acceptors (Lipinski definition) is 4. The van der Waals surface area contributed by atoms with Gasteiger partial charge in [-0.1, -0.05) is 0 Å². The van der Waals surface area contributed by atoms with Crippen molar-refractivity contribution < 1.29 is 9.59 Å². The monoisotopic (exact) mass is 346 g/mol. The lowest BCUT2D eigenvalue weighted by Gasteiger charge is -2.18. The van der Waals surface area contributed by atoms with E-state index in [0.29, 0.717) is 19.5 Å². The van der Waals surface area contributed by atoms with Crippen LogP contribution in [0.2, 0.25) is 0 Å². The van der Waals surface area contributed by atoms with Crippen LogP contribution in [-0.2, 0) is 23.1 Å². The number of aromatic nitrogens is 2. The molecule has 7 heteroatoms. The predicted molar refractivity (Wildman–Crippen MR) is 92.9 cm³/mol. The fraction of sp³-hybridized carbons (Fsp3) is 0.471. The third kappa shape index (κ3) is 3.51. The Balaban J connectivity index is 1.74. The average molecular weight is 346 g/mol. The number of hydrogen-bond donors (Lipinski definition) is 1. The molecule has 128 valence electrons. The van der Waals surface area contributed by atoms with Crippen LogP contribution < -0.4 is 5.32 Å². The van der Waals surface area contributed by atoms with E-state index in [0.717, 1.165) is 10.6 Å². The Hall–Kier alpha value is -2.15. The zero-order valence-corrected chi connectivity index (χ0v) is 15.0. The molecule has 6 nitrogen and oxygen atoms in total. The smallest absolute Gasteiger partial charge is 0.227 e. The largest absolute Gasteiger partial charge is 0.351 e. The quantitative estimate of drug-likeness (QED) is 0.911. The lowest BCUT2D eigenvalue weighted by molar-refractivity contribution is -0.129. The van der Waals surface area contributed by atoms with Gasteiger partial charge in [-0.2, -0.15) is 5.10 Å². The first-order valence-corrected chi connectivity index (χ1v) is 8.84. The molecule has 2 amide bonds. The van der Waals surface area contributed by atoms with E-state index in [-0.39, 0.29) is 23.8 Å². The van der Waals surface area contributed by atoms with Gasteiger partial charge in [-0.15, -0.1) is 11.3 Å². The summed E-state index contributed by atoms with van der Waals surface area (Å²) in [7, 11) is 1.89. The van der Waals surface area contributed by atoms with Gasteiger partial charge in [0.15, 0.2) is 0 Å². The topological polar surface area (TPSA) is 67.2 Å². The molecule has 1 aliphatic rings. The third-order valence-corrected chi connectivity index (χ3v) is 5.42. The van der Waals surface area contributed by atoms with Crippen molar-refractivity contribution in [1.82, 2.24) is 20.0 Å². The molecule has 3 rings (SSSR count). The number of thiophene rings is 1. The van der Waals surface area contributed by atoms with E-state index in [4.69, 9.17) is 0 Å². The molecular formula is C17H22N4O2S. The highest BCUT2D eigenvalue weighted by molar-refractivity contribution is 7.12. The van der Waals surface area contributed by atoms with Gasteiger partial charge in [0.1, 0.15) is 0 Å². The van der Waals surface area contributed by atoms with Crippen LogP contribution in [0.1, 0.15) is 28.3 Å². The highest BCUT2D eigenvalue weighted by Crippen LogP contribution is 2.28. The second-order valence-corrected chi connectivity index (χ2v) is 7.65. The van der Waals surface area contributed by atoms with Crippen molar-refractivity contribution in [1.29, 1.82) is 0 Å². The fourth-order valence-corrected chi connectivity index (χ4v) is 4.18. The molecule has 2 aromatic heterocycles. The SMILES string of the molecule is CC(=O)N[C@@H]1CN(C(=O)Cc2ccc(C)s2)C[C@H]1c1ccnn1C. The van der Waals surface area contributed by atoms with E-state index >= 15 is 0 Å². The summed E-state index contributed by atoms with van der Waals surface area (Å²) in [5.74, 6) is 0.0997. The first kappa shape index (κ1) is 16.7. The number of carbonyl (C=O) groups is 2. The molecular weight excluding hydrogens is 324 g/mol. The molecule has 0 unspecified atom stereocenters. The molecule has 0 aliphatic carbocycles. The first-order valence-electron chi connectivity index (χ1n) is 8.02. The van der Waals surface area contributed by atoms with Crippen LogP contribution in [0.3, 0.4) is 0 Å². The Morgan fingerprint density at radius 1 is 1.33 bits per heavy atom. The Morgan fingerprint density at radius 2 is 2.12 bits per heavy atom. The van der Waals surface area contributed by atoms with Gasteiger partial charge in [0, 0.05) is 54.6 Å². The highest BCUT2D eigenvalue weighted by Gasteiger charge is 2.37. The van der Waals surface area contributed by atoms with Crippen LogP contribution >= 0.6 is 11.3 Å². The molecule has 0 saturated carbocycles. The molecule has 2 aromatic rings. The van der Waals surface area contributed by atoms with Gasteiger partial charge in [0.2, 0.25) is 11.8 Å². The van der Waals surface area contributed by atoms with Crippen LogP contribution in [-0.4, -0.2) is 45.6 Å². The number of carbonyl (C=O) groups excluding carboxylic acids is 2. The molecule has 24 heavy (non-hydrogen) atoms. The summed E-state index contributed by atoms with van der Waals surface area (Å²) in [6, 6.07) is 5.93. The summed E-state index contributed by atoms with van der Waals surface area (Å²) in [4.78, 5) is 28.3. The van der Waals surface area contributed by atoms with Gasteiger partial charge >= 0.3 is 0 Å². The predicted octanol–water partition coefficient (Wildman–Crippen LogP) is 1.46. The average Bonchev–Trinajstić information content (AvgIpc) is 3.19. The standard InChI is InChI=1S/C17H22N4O2S/c1-11-4-5-13(24-11)8-17(23)21-9-14(15(10-21)19-12(2)22)16-6-7-18-20(16)3/h4-7,14-15H,8-10H2,1-3H3,(H,19,22)/t14-,15-/m1/s1. The zero-order valence-electron chi connectivity index (χ0n) is 14.2. The van der Waals surface area contributed by atoms with Gasteiger partial charge in [-0.05, 0) is 25.1 Å². The molecule has 0 spiro atoms. The minimum absolute atomic E-state index is 0.0652. The van der Waals surface area contributed by atoms with E-state index in [1.165, 1.54) is 11.8 Å². The maximum atomic E-state index is 12.7. The molecule has 0 bridgehead atoms. The third-order valence-electron chi connectivity index (χ3n) is 4.42. The first-order chi connectivity index (χ1) is 11.4. The minimum Gasteiger partial charge on any atom is -0.351 e. The van der Waals surface area contributed by atoms with E-state index in [1.54, 1.807) is 17.5 Å². The van der Waals surface area contributed by atoms with Gasteiger partial charge in [0.05, 0.1) is 12.5 Å². The van der Waals surface area contributed by atoms with Crippen molar-refractivity contribution in [3.63, 3.8) is 0 Å².